The summed E-state index contributed by atoms with van der Waals surface area (Å²) in [5, 5.41) is 3.49. The maximum atomic E-state index is 13.8. The summed E-state index contributed by atoms with van der Waals surface area (Å²) in [6.07, 6.45) is 1.85. The predicted octanol–water partition coefficient (Wildman–Crippen LogP) is 5.36. The Bertz CT molecular complexity index is 1380. The summed E-state index contributed by atoms with van der Waals surface area (Å²) in [6, 6.07) is 23.2. The zero-order valence-corrected chi connectivity index (χ0v) is 25.1. The van der Waals surface area contributed by atoms with Crippen LogP contribution < -0.4 is 9.62 Å². The van der Waals surface area contributed by atoms with Gasteiger partial charge in [0.15, 0.2) is 0 Å². The molecule has 0 fully saturated rings. The average Bonchev–Trinajstić information content (AvgIpc) is 2.89. The number of benzene rings is 3. The van der Waals surface area contributed by atoms with E-state index in [4.69, 9.17) is 11.6 Å². The number of hydrogen-bond donors (Lipinski definition) is 1. The van der Waals surface area contributed by atoms with E-state index in [-0.39, 0.29) is 43.8 Å². The summed E-state index contributed by atoms with van der Waals surface area (Å²) in [5.41, 5.74) is 3.40. The second kappa shape index (κ2) is 14.3. The number of nitrogens with zero attached hydrogens (tertiary/aromatic N) is 2. The van der Waals surface area contributed by atoms with Gasteiger partial charge in [0.1, 0.15) is 6.04 Å². The molecule has 40 heavy (non-hydrogen) atoms. The van der Waals surface area contributed by atoms with Crippen molar-refractivity contribution in [2.75, 3.05) is 17.1 Å². The van der Waals surface area contributed by atoms with E-state index in [1.165, 1.54) is 4.31 Å². The van der Waals surface area contributed by atoms with E-state index in [2.05, 4.69) is 5.32 Å². The minimum absolute atomic E-state index is 0.0751. The highest BCUT2D eigenvalue weighted by Gasteiger charge is 2.31. The number of carbonyl (C=O) groups excluding carboxylic acids is 2. The van der Waals surface area contributed by atoms with Crippen molar-refractivity contribution in [2.24, 2.45) is 0 Å². The second-order valence-corrected chi connectivity index (χ2v) is 12.6. The number of amides is 2. The number of aryl methyl sites for hydroxylation is 1. The molecule has 0 aliphatic rings. The molecule has 0 spiro atoms. The first kappa shape index (κ1) is 31.2. The van der Waals surface area contributed by atoms with Gasteiger partial charge in [-0.1, -0.05) is 71.8 Å². The highest BCUT2D eigenvalue weighted by molar-refractivity contribution is 7.92. The van der Waals surface area contributed by atoms with Gasteiger partial charge in [-0.05, 0) is 62.6 Å². The lowest BCUT2D eigenvalue weighted by Crippen LogP contribution is -2.51. The van der Waals surface area contributed by atoms with Crippen LogP contribution in [0.3, 0.4) is 0 Å². The monoisotopic (exact) mass is 583 g/mol. The van der Waals surface area contributed by atoms with Crippen LogP contribution in [-0.4, -0.2) is 50.0 Å². The molecular weight excluding hydrogens is 546 g/mol. The van der Waals surface area contributed by atoms with Crippen molar-refractivity contribution < 1.29 is 18.0 Å². The molecule has 2 amide bonds. The van der Waals surface area contributed by atoms with Crippen LogP contribution in [0, 0.1) is 6.92 Å². The Kier molecular flexibility index (Phi) is 11.2. The lowest BCUT2D eigenvalue weighted by Gasteiger charge is -2.32. The van der Waals surface area contributed by atoms with Crippen LogP contribution in [0.1, 0.15) is 43.4 Å². The highest BCUT2D eigenvalue weighted by atomic mass is 35.5. The number of carbonyl (C=O) groups is 2. The zero-order chi connectivity index (χ0) is 29.3. The van der Waals surface area contributed by atoms with Gasteiger partial charge >= 0.3 is 0 Å². The summed E-state index contributed by atoms with van der Waals surface area (Å²) in [6.45, 7) is 6.14. The van der Waals surface area contributed by atoms with Crippen LogP contribution in [0.25, 0.3) is 0 Å². The molecule has 9 heteroatoms. The number of hydrogen-bond acceptors (Lipinski definition) is 4. The summed E-state index contributed by atoms with van der Waals surface area (Å²) >= 11 is 5.98. The van der Waals surface area contributed by atoms with Gasteiger partial charge in [0.2, 0.25) is 21.8 Å². The molecule has 0 saturated heterocycles. The molecule has 0 saturated carbocycles. The van der Waals surface area contributed by atoms with E-state index in [1.54, 1.807) is 29.2 Å². The van der Waals surface area contributed by atoms with Gasteiger partial charge in [0, 0.05) is 37.0 Å². The zero-order valence-electron chi connectivity index (χ0n) is 23.5. The van der Waals surface area contributed by atoms with Crippen molar-refractivity contribution >= 4 is 39.1 Å². The molecule has 0 aliphatic carbocycles. The fraction of sp³-hybridized carbons (Fsp3) is 0.355. The molecule has 1 unspecified atom stereocenters. The molecule has 0 heterocycles. The summed E-state index contributed by atoms with van der Waals surface area (Å²) in [5.74, 6) is -0.440. The quantitative estimate of drug-likeness (QED) is 0.293. The molecule has 1 atom stereocenters. The Morgan fingerprint density at radius 1 is 0.925 bits per heavy atom. The van der Waals surface area contributed by atoms with Gasteiger partial charge in [-0.2, -0.15) is 0 Å². The second-order valence-electron chi connectivity index (χ2n) is 10.3. The fourth-order valence-electron chi connectivity index (χ4n) is 4.55. The van der Waals surface area contributed by atoms with Gasteiger partial charge in [-0.3, -0.25) is 13.9 Å². The van der Waals surface area contributed by atoms with Crippen molar-refractivity contribution in [3.8, 4) is 0 Å². The first-order chi connectivity index (χ1) is 18.9. The largest absolute Gasteiger partial charge is 0.352 e. The van der Waals surface area contributed by atoms with Crippen LogP contribution in [0.2, 0.25) is 5.02 Å². The molecule has 3 aromatic rings. The minimum Gasteiger partial charge on any atom is -0.352 e. The number of anilines is 1. The van der Waals surface area contributed by atoms with Gasteiger partial charge in [0.05, 0.1) is 11.9 Å². The third-order valence-corrected chi connectivity index (χ3v) is 7.85. The van der Waals surface area contributed by atoms with E-state index < -0.39 is 16.1 Å². The van der Waals surface area contributed by atoms with Gasteiger partial charge in [0.25, 0.3) is 0 Å². The number of rotatable bonds is 13. The number of sulfonamides is 1. The van der Waals surface area contributed by atoms with E-state index in [9.17, 15) is 18.0 Å². The van der Waals surface area contributed by atoms with Crippen LogP contribution >= 0.6 is 11.6 Å². The number of halogens is 1. The van der Waals surface area contributed by atoms with Crippen molar-refractivity contribution in [1.29, 1.82) is 0 Å². The van der Waals surface area contributed by atoms with Crippen LogP contribution in [0.4, 0.5) is 5.69 Å². The minimum atomic E-state index is -3.59. The predicted molar refractivity (Wildman–Crippen MR) is 162 cm³/mol. The lowest BCUT2D eigenvalue weighted by atomic mass is 10.0. The van der Waals surface area contributed by atoms with Crippen molar-refractivity contribution in [3.05, 3.63) is 101 Å². The molecule has 0 bridgehead atoms. The Balaban J connectivity index is 1.87. The van der Waals surface area contributed by atoms with E-state index >= 15 is 0 Å². The third-order valence-electron chi connectivity index (χ3n) is 6.40. The third kappa shape index (κ3) is 9.38. The van der Waals surface area contributed by atoms with E-state index in [0.717, 1.165) is 22.9 Å². The van der Waals surface area contributed by atoms with Gasteiger partial charge in [-0.15, -0.1) is 0 Å². The normalized spacial score (nSPS) is 12.2. The first-order valence-corrected chi connectivity index (χ1v) is 15.6. The Morgan fingerprint density at radius 2 is 1.57 bits per heavy atom. The van der Waals surface area contributed by atoms with Gasteiger partial charge < -0.3 is 10.2 Å². The standard InChI is InChI=1S/C31H38ClN3O4S/c1-23(2)33-31(37)29(21-25-11-6-5-7-12-25)34(22-26-13-8-10-24(3)20-26)30(36)14-9-19-35(40(4,38)39)28-17-15-27(32)16-18-28/h5-8,10-13,15-18,20,23,29H,9,14,19,21-22H2,1-4H3,(H,33,37). The maximum Gasteiger partial charge on any atom is 0.243 e. The molecule has 0 aliphatic heterocycles. The summed E-state index contributed by atoms with van der Waals surface area (Å²) in [7, 11) is -3.59. The molecular formula is C31H38ClN3O4S. The van der Waals surface area contributed by atoms with E-state index in [1.807, 2.05) is 75.4 Å². The molecule has 3 aromatic carbocycles. The van der Waals surface area contributed by atoms with E-state index in [0.29, 0.717) is 17.1 Å². The van der Waals surface area contributed by atoms with Crippen molar-refractivity contribution in [3.63, 3.8) is 0 Å². The molecule has 3 rings (SSSR count). The fourth-order valence-corrected chi connectivity index (χ4v) is 5.64. The topological polar surface area (TPSA) is 86.8 Å². The summed E-state index contributed by atoms with van der Waals surface area (Å²) < 4.78 is 26.4. The van der Waals surface area contributed by atoms with Gasteiger partial charge in [-0.25, -0.2) is 8.42 Å². The Labute approximate surface area is 243 Å². The maximum absolute atomic E-state index is 13.8. The molecule has 1 N–H and O–H groups in total. The molecule has 7 nitrogen and oxygen atoms in total. The van der Waals surface area contributed by atoms with Crippen molar-refractivity contribution in [2.45, 2.75) is 58.7 Å². The molecule has 0 radical (unpaired) electrons. The number of nitrogens with one attached hydrogen (secondary N) is 1. The summed E-state index contributed by atoms with van der Waals surface area (Å²) in [4.78, 5) is 28.9. The molecule has 0 aromatic heterocycles. The van der Waals surface area contributed by atoms with Crippen LogP contribution in [0.5, 0.6) is 0 Å². The van der Waals surface area contributed by atoms with Crippen molar-refractivity contribution in [1.82, 2.24) is 10.2 Å². The average molecular weight is 584 g/mol. The lowest BCUT2D eigenvalue weighted by molar-refractivity contribution is -0.141. The molecule has 214 valence electrons. The Morgan fingerprint density at radius 3 is 2.17 bits per heavy atom. The van der Waals surface area contributed by atoms with Crippen LogP contribution in [-0.2, 0) is 32.6 Å². The smallest absolute Gasteiger partial charge is 0.243 e. The SMILES string of the molecule is Cc1cccc(CN(C(=O)CCCN(c2ccc(Cl)cc2)S(C)(=O)=O)C(Cc2ccccc2)C(=O)NC(C)C)c1. The highest BCUT2D eigenvalue weighted by Crippen LogP contribution is 2.22. The first-order valence-electron chi connectivity index (χ1n) is 13.4. The van der Waals surface area contributed by atoms with Crippen LogP contribution in [0.15, 0.2) is 78.9 Å². The Hall–Kier alpha value is -3.36.